The van der Waals surface area contributed by atoms with Gasteiger partial charge in [0.1, 0.15) is 5.75 Å². The van der Waals surface area contributed by atoms with Crippen LogP contribution in [0.1, 0.15) is 15.9 Å². The molecule has 21 heavy (non-hydrogen) atoms. The number of aromatic hydroxyl groups is 1. The number of anilines is 2. The van der Waals surface area contributed by atoms with Gasteiger partial charge in [0, 0.05) is 19.2 Å². The van der Waals surface area contributed by atoms with Crippen molar-refractivity contribution in [1.29, 1.82) is 0 Å². The van der Waals surface area contributed by atoms with E-state index < -0.39 is 0 Å². The molecule has 0 atom stereocenters. The SMILES string of the molecule is CNC(=O)c1ccc(N)c(NCCc2ccc(O)cc2)c1. The first-order valence-corrected chi connectivity index (χ1v) is 6.73. The highest BCUT2D eigenvalue weighted by molar-refractivity contribution is 5.96. The van der Waals surface area contributed by atoms with Gasteiger partial charge in [-0.25, -0.2) is 0 Å². The molecular weight excluding hydrogens is 266 g/mol. The Morgan fingerprint density at radius 1 is 1.19 bits per heavy atom. The molecule has 5 heteroatoms. The number of hydrogen-bond acceptors (Lipinski definition) is 4. The number of phenolic OH excluding ortho intramolecular Hbond substituents is 1. The van der Waals surface area contributed by atoms with E-state index in [0.29, 0.717) is 17.8 Å². The van der Waals surface area contributed by atoms with Gasteiger partial charge in [0.2, 0.25) is 0 Å². The van der Waals surface area contributed by atoms with Crippen LogP contribution in [-0.2, 0) is 6.42 Å². The van der Waals surface area contributed by atoms with Crippen LogP contribution in [0, 0.1) is 0 Å². The first-order chi connectivity index (χ1) is 10.1. The minimum Gasteiger partial charge on any atom is -0.508 e. The lowest BCUT2D eigenvalue weighted by molar-refractivity contribution is 0.0963. The molecule has 0 spiro atoms. The molecule has 0 aliphatic heterocycles. The van der Waals surface area contributed by atoms with Gasteiger partial charge in [-0.3, -0.25) is 4.79 Å². The van der Waals surface area contributed by atoms with E-state index in [9.17, 15) is 9.90 Å². The number of benzene rings is 2. The number of carbonyl (C=O) groups is 1. The van der Waals surface area contributed by atoms with Crippen molar-refractivity contribution >= 4 is 17.3 Å². The van der Waals surface area contributed by atoms with Crippen molar-refractivity contribution in [2.75, 3.05) is 24.6 Å². The largest absolute Gasteiger partial charge is 0.508 e. The number of amides is 1. The summed E-state index contributed by atoms with van der Waals surface area (Å²) in [5, 5.41) is 15.0. The van der Waals surface area contributed by atoms with Crippen LogP contribution < -0.4 is 16.4 Å². The van der Waals surface area contributed by atoms with Gasteiger partial charge in [-0.15, -0.1) is 0 Å². The van der Waals surface area contributed by atoms with Crippen LogP contribution in [0.15, 0.2) is 42.5 Å². The summed E-state index contributed by atoms with van der Waals surface area (Å²) in [6.45, 7) is 0.687. The molecule has 2 aromatic rings. The zero-order valence-electron chi connectivity index (χ0n) is 11.9. The zero-order chi connectivity index (χ0) is 15.2. The number of nitrogen functional groups attached to an aromatic ring is 1. The molecule has 0 aromatic heterocycles. The van der Waals surface area contributed by atoms with Crippen LogP contribution in [-0.4, -0.2) is 24.6 Å². The molecule has 0 heterocycles. The highest BCUT2D eigenvalue weighted by Crippen LogP contribution is 2.20. The quantitative estimate of drug-likeness (QED) is 0.633. The normalized spacial score (nSPS) is 10.1. The predicted molar refractivity (Wildman–Crippen MR) is 84.5 cm³/mol. The second kappa shape index (κ2) is 6.65. The molecule has 2 aromatic carbocycles. The van der Waals surface area contributed by atoms with Crippen molar-refractivity contribution < 1.29 is 9.90 Å². The Hall–Kier alpha value is -2.69. The highest BCUT2D eigenvalue weighted by Gasteiger charge is 2.06. The molecule has 0 fully saturated rings. The van der Waals surface area contributed by atoms with E-state index in [4.69, 9.17) is 5.73 Å². The van der Waals surface area contributed by atoms with Crippen molar-refractivity contribution in [2.45, 2.75) is 6.42 Å². The number of hydrogen-bond donors (Lipinski definition) is 4. The number of nitrogens with two attached hydrogens (primary N) is 1. The molecule has 2 rings (SSSR count). The Balaban J connectivity index is 1.99. The zero-order valence-corrected chi connectivity index (χ0v) is 11.9. The number of nitrogens with one attached hydrogen (secondary N) is 2. The monoisotopic (exact) mass is 285 g/mol. The molecule has 0 aliphatic carbocycles. The third kappa shape index (κ3) is 3.89. The molecule has 110 valence electrons. The lowest BCUT2D eigenvalue weighted by Gasteiger charge is -2.11. The highest BCUT2D eigenvalue weighted by atomic mass is 16.3. The van der Waals surface area contributed by atoms with E-state index in [1.807, 2.05) is 12.1 Å². The van der Waals surface area contributed by atoms with E-state index in [0.717, 1.165) is 17.7 Å². The average molecular weight is 285 g/mol. The Kier molecular flexibility index (Phi) is 4.66. The second-order valence-electron chi connectivity index (χ2n) is 4.72. The predicted octanol–water partition coefficient (Wildman–Crippen LogP) is 1.99. The van der Waals surface area contributed by atoms with Crippen LogP contribution in [0.3, 0.4) is 0 Å². The van der Waals surface area contributed by atoms with Gasteiger partial charge in [0.25, 0.3) is 5.91 Å². The number of carbonyl (C=O) groups excluding carboxylic acids is 1. The molecule has 0 unspecified atom stereocenters. The van der Waals surface area contributed by atoms with E-state index in [2.05, 4.69) is 10.6 Å². The van der Waals surface area contributed by atoms with Crippen LogP contribution >= 0.6 is 0 Å². The number of phenols is 1. The van der Waals surface area contributed by atoms with Gasteiger partial charge in [0.15, 0.2) is 0 Å². The summed E-state index contributed by atoms with van der Waals surface area (Å²) in [5.41, 5.74) is 8.93. The summed E-state index contributed by atoms with van der Waals surface area (Å²) < 4.78 is 0. The lowest BCUT2D eigenvalue weighted by Crippen LogP contribution is -2.18. The average Bonchev–Trinajstić information content (AvgIpc) is 2.50. The standard InChI is InChI=1S/C16H19N3O2/c1-18-16(21)12-4-7-14(17)15(10-12)19-9-8-11-2-5-13(20)6-3-11/h2-7,10,19-20H,8-9,17H2,1H3,(H,18,21). The minimum absolute atomic E-state index is 0.142. The molecule has 0 saturated heterocycles. The van der Waals surface area contributed by atoms with Crippen LogP contribution in [0.25, 0.3) is 0 Å². The van der Waals surface area contributed by atoms with Gasteiger partial charge < -0.3 is 21.5 Å². The molecule has 0 bridgehead atoms. The van der Waals surface area contributed by atoms with Gasteiger partial charge in [-0.05, 0) is 42.3 Å². The fourth-order valence-corrected chi connectivity index (χ4v) is 2.00. The van der Waals surface area contributed by atoms with E-state index in [-0.39, 0.29) is 11.7 Å². The van der Waals surface area contributed by atoms with Crippen molar-refractivity contribution in [2.24, 2.45) is 0 Å². The molecule has 0 radical (unpaired) electrons. The van der Waals surface area contributed by atoms with Crippen molar-refractivity contribution in [3.8, 4) is 5.75 Å². The first kappa shape index (κ1) is 14.7. The van der Waals surface area contributed by atoms with Gasteiger partial charge in [0.05, 0.1) is 11.4 Å². The van der Waals surface area contributed by atoms with E-state index >= 15 is 0 Å². The molecule has 5 nitrogen and oxygen atoms in total. The summed E-state index contributed by atoms with van der Waals surface area (Å²) in [7, 11) is 1.59. The summed E-state index contributed by atoms with van der Waals surface area (Å²) in [5.74, 6) is 0.116. The third-order valence-corrected chi connectivity index (χ3v) is 3.21. The maximum atomic E-state index is 11.6. The second-order valence-corrected chi connectivity index (χ2v) is 4.72. The van der Waals surface area contributed by atoms with Gasteiger partial charge in [-0.2, -0.15) is 0 Å². The molecule has 5 N–H and O–H groups in total. The van der Waals surface area contributed by atoms with Crippen molar-refractivity contribution in [3.63, 3.8) is 0 Å². The maximum absolute atomic E-state index is 11.6. The topological polar surface area (TPSA) is 87.4 Å². The third-order valence-electron chi connectivity index (χ3n) is 3.21. The minimum atomic E-state index is -0.142. The molecule has 1 amide bonds. The smallest absolute Gasteiger partial charge is 0.251 e. The molecule has 0 aliphatic rings. The molecular formula is C16H19N3O2. The van der Waals surface area contributed by atoms with Crippen molar-refractivity contribution in [1.82, 2.24) is 5.32 Å². The fourth-order valence-electron chi connectivity index (χ4n) is 2.00. The van der Waals surface area contributed by atoms with Gasteiger partial charge in [-0.1, -0.05) is 12.1 Å². The summed E-state index contributed by atoms with van der Waals surface area (Å²) in [6.07, 6.45) is 0.796. The van der Waals surface area contributed by atoms with Crippen LogP contribution in [0.5, 0.6) is 5.75 Å². The van der Waals surface area contributed by atoms with E-state index in [1.54, 1.807) is 37.4 Å². The first-order valence-electron chi connectivity index (χ1n) is 6.73. The van der Waals surface area contributed by atoms with Crippen molar-refractivity contribution in [3.05, 3.63) is 53.6 Å². The fraction of sp³-hybridized carbons (Fsp3) is 0.188. The Bertz CT molecular complexity index is 624. The summed E-state index contributed by atoms with van der Waals surface area (Å²) in [4.78, 5) is 11.6. The maximum Gasteiger partial charge on any atom is 0.251 e. The molecule has 0 saturated carbocycles. The van der Waals surface area contributed by atoms with Crippen LogP contribution in [0.4, 0.5) is 11.4 Å². The Morgan fingerprint density at radius 2 is 1.90 bits per heavy atom. The van der Waals surface area contributed by atoms with Crippen LogP contribution in [0.2, 0.25) is 0 Å². The Morgan fingerprint density at radius 3 is 2.57 bits per heavy atom. The Labute approximate surface area is 123 Å². The van der Waals surface area contributed by atoms with E-state index in [1.165, 1.54) is 0 Å². The van der Waals surface area contributed by atoms with Gasteiger partial charge >= 0.3 is 0 Å². The summed E-state index contributed by atoms with van der Waals surface area (Å²) >= 11 is 0. The number of rotatable bonds is 5. The summed E-state index contributed by atoms with van der Waals surface area (Å²) in [6, 6.07) is 12.2. The lowest BCUT2D eigenvalue weighted by atomic mass is 10.1.